The third kappa shape index (κ3) is 4.91. The quantitative estimate of drug-likeness (QED) is 0.707. The lowest BCUT2D eigenvalue weighted by atomic mass is 10.1. The Hall–Kier alpha value is -1.80. The van der Waals surface area contributed by atoms with Crippen molar-refractivity contribution in [1.29, 1.82) is 0 Å². The van der Waals surface area contributed by atoms with Crippen molar-refractivity contribution in [2.75, 3.05) is 13.7 Å². The van der Waals surface area contributed by atoms with E-state index in [1.165, 1.54) is 24.0 Å². The number of para-hydroxylation sites is 1. The molecule has 0 unspecified atom stereocenters. The fraction of sp³-hybridized carbons (Fsp3) is 0.368. The predicted molar refractivity (Wildman–Crippen MR) is 88.5 cm³/mol. The summed E-state index contributed by atoms with van der Waals surface area (Å²) in [5.41, 5.74) is 2.62. The van der Waals surface area contributed by atoms with E-state index in [1.807, 2.05) is 12.1 Å². The summed E-state index contributed by atoms with van der Waals surface area (Å²) in [7, 11) is 1.74. The average molecular weight is 283 g/mol. The Kier molecular flexibility index (Phi) is 6.29. The van der Waals surface area contributed by atoms with Crippen LogP contribution in [0, 0.1) is 0 Å². The molecule has 2 rings (SSSR count). The number of unbranched alkanes of at least 4 members (excludes halogenated alkanes) is 1. The topological polar surface area (TPSA) is 12.5 Å². The number of ether oxygens (including phenoxy) is 1. The molecule has 0 fully saturated rings. The molecule has 112 valence electrons. The minimum atomic E-state index is 0.929. The molecule has 0 atom stereocenters. The van der Waals surface area contributed by atoms with Crippen LogP contribution in [0.25, 0.3) is 0 Å². The molecule has 0 saturated heterocycles. The van der Waals surface area contributed by atoms with Gasteiger partial charge in [-0.15, -0.1) is 0 Å². The number of nitrogens with zero attached hydrogens (tertiary/aromatic N) is 1. The molecule has 0 spiro atoms. The Morgan fingerprint density at radius 1 is 0.905 bits per heavy atom. The third-order valence-electron chi connectivity index (χ3n) is 3.66. The largest absolute Gasteiger partial charge is 0.496 e. The van der Waals surface area contributed by atoms with E-state index in [9.17, 15) is 0 Å². The first kappa shape index (κ1) is 15.6. The second kappa shape index (κ2) is 8.48. The zero-order chi connectivity index (χ0) is 14.9. The molecule has 0 N–H and O–H groups in total. The molecule has 0 aliphatic heterocycles. The highest BCUT2D eigenvalue weighted by atomic mass is 16.5. The van der Waals surface area contributed by atoms with Crippen molar-refractivity contribution in [3.8, 4) is 5.75 Å². The Morgan fingerprint density at radius 3 is 2.33 bits per heavy atom. The van der Waals surface area contributed by atoms with E-state index in [4.69, 9.17) is 4.74 Å². The molecule has 2 aromatic carbocycles. The highest BCUT2D eigenvalue weighted by molar-refractivity contribution is 5.33. The van der Waals surface area contributed by atoms with Crippen LogP contribution in [0.15, 0.2) is 54.6 Å². The second-order valence-corrected chi connectivity index (χ2v) is 5.36. The Morgan fingerprint density at radius 2 is 1.62 bits per heavy atom. The molecule has 0 aromatic heterocycles. The van der Waals surface area contributed by atoms with Crippen molar-refractivity contribution < 1.29 is 4.74 Å². The number of methoxy groups -OCH3 is 1. The first-order chi connectivity index (χ1) is 10.3. The van der Waals surface area contributed by atoms with E-state index in [0.717, 1.165) is 25.4 Å². The fourth-order valence-electron chi connectivity index (χ4n) is 2.51. The monoisotopic (exact) mass is 283 g/mol. The minimum Gasteiger partial charge on any atom is -0.496 e. The maximum atomic E-state index is 5.47. The van der Waals surface area contributed by atoms with E-state index in [0.29, 0.717) is 0 Å². The van der Waals surface area contributed by atoms with Crippen molar-refractivity contribution in [3.05, 3.63) is 65.7 Å². The normalized spacial score (nSPS) is 10.8. The van der Waals surface area contributed by atoms with Crippen LogP contribution in [0.2, 0.25) is 0 Å². The molecule has 2 heteroatoms. The van der Waals surface area contributed by atoms with Crippen LogP contribution in [0.3, 0.4) is 0 Å². The standard InChI is InChI=1S/C19H25NO/c1-3-4-14-20(15-17-10-6-5-7-11-17)16-18-12-8-9-13-19(18)21-2/h5-13H,3-4,14-16H2,1-2H3. The molecule has 0 bridgehead atoms. The van der Waals surface area contributed by atoms with Crippen molar-refractivity contribution in [2.45, 2.75) is 32.9 Å². The Balaban J connectivity index is 2.08. The van der Waals surface area contributed by atoms with Crippen LogP contribution >= 0.6 is 0 Å². The number of rotatable bonds is 8. The molecule has 2 aromatic rings. The molecule has 2 nitrogen and oxygen atoms in total. The van der Waals surface area contributed by atoms with E-state index >= 15 is 0 Å². The average Bonchev–Trinajstić information content (AvgIpc) is 2.54. The summed E-state index contributed by atoms with van der Waals surface area (Å²) in [5.74, 6) is 0.979. The molecular weight excluding hydrogens is 258 g/mol. The zero-order valence-electron chi connectivity index (χ0n) is 13.1. The third-order valence-corrected chi connectivity index (χ3v) is 3.66. The smallest absolute Gasteiger partial charge is 0.123 e. The summed E-state index contributed by atoms with van der Waals surface area (Å²) >= 11 is 0. The van der Waals surface area contributed by atoms with Gasteiger partial charge < -0.3 is 4.74 Å². The van der Waals surface area contributed by atoms with Gasteiger partial charge in [-0.25, -0.2) is 0 Å². The van der Waals surface area contributed by atoms with E-state index in [2.05, 4.69) is 54.3 Å². The van der Waals surface area contributed by atoms with Gasteiger partial charge in [0, 0.05) is 18.7 Å². The number of benzene rings is 2. The lowest BCUT2D eigenvalue weighted by Crippen LogP contribution is -2.24. The SMILES string of the molecule is CCCCN(Cc1ccccc1)Cc1ccccc1OC. The molecule has 21 heavy (non-hydrogen) atoms. The van der Waals surface area contributed by atoms with Gasteiger partial charge in [0.25, 0.3) is 0 Å². The highest BCUT2D eigenvalue weighted by Crippen LogP contribution is 2.20. The summed E-state index contributed by atoms with van der Waals surface area (Å²) in [4.78, 5) is 2.50. The summed E-state index contributed by atoms with van der Waals surface area (Å²) in [6.45, 7) is 5.27. The molecule has 0 radical (unpaired) electrons. The first-order valence-corrected chi connectivity index (χ1v) is 7.71. The summed E-state index contributed by atoms with van der Waals surface area (Å²) in [5, 5.41) is 0. The van der Waals surface area contributed by atoms with Crippen molar-refractivity contribution in [1.82, 2.24) is 4.90 Å². The van der Waals surface area contributed by atoms with Gasteiger partial charge in [0.05, 0.1) is 7.11 Å². The van der Waals surface area contributed by atoms with Crippen LogP contribution in [0.1, 0.15) is 30.9 Å². The van der Waals surface area contributed by atoms with Crippen LogP contribution in [0.4, 0.5) is 0 Å². The van der Waals surface area contributed by atoms with E-state index in [1.54, 1.807) is 7.11 Å². The van der Waals surface area contributed by atoms with Crippen molar-refractivity contribution >= 4 is 0 Å². The summed E-state index contributed by atoms with van der Waals surface area (Å²) in [6, 6.07) is 19.0. The Bertz CT molecular complexity index is 524. The van der Waals surface area contributed by atoms with Crippen molar-refractivity contribution in [3.63, 3.8) is 0 Å². The number of hydrogen-bond donors (Lipinski definition) is 0. The van der Waals surface area contributed by atoms with Gasteiger partial charge in [0.1, 0.15) is 5.75 Å². The van der Waals surface area contributed by atoms with Gasteiger partial charge in [-0.1, -0.05) is 61.9 Å². The second-order valence-electron chi connectivity index (χ2n) is 5.36. The van der Waals surface area contributed by atoms with Crippen LogP contribution in [0.5, 0.6) is 5.75 Å². The molecular formula is C19H25NO. The highest BCUT2D eigenvalue weighted by Gasteiger charge is 2.09. The Labute approximate surface area is 128 Å². The van der Waals surface area contributed by atoms with Gasteiger partial charge in [-0.2, -0.15) is 0 Å². The lowest BCUT2D eigenvalue weighted by molar-refractivity contribution is 0.248. The fourth-order valence-corrected chi connectivity index (χ4v) is 2.51. The van der Waals surface area contributed by atoms with Crippen LogP contribution < -0.4 is 4.74 Å². The van der Waals surface area contributed by atoms with Gasteiger partial charge in [0.15, 0.2) is 0 Å². The van der Waals surface area contributed by atoms with E-state index < -0.39 is 0 Å². The molecule has 0 amide bonds. The summed E-state index contributed by atoms with van der Waals surface area (Å²) < 4.78 is 5.47. The lowest BCUT2D eigenvalue weighted by Gasteiger charge is -2.23. The first-order valence-electron chi connectivity index (χ1n) is 7.71. The zero-order valence-corrected chi connectivity index (χ0v) is 13.1. The minimum absolute atomic E-state index is 0.929. The maximum Gasteiger partial charge on any atom is 0.123 e. The van der Waals surface area contributed by atoms with Crippen molar-refractivity contribution in [2.24, 2.45) is 0 Å². The van der Waals surface area contributed by atoms with Gasteiger partial charge >= 0.3 is 0 Å². The number of hydrogen-bond acceptors (Lipinski definition) is 2. The molecule has 0 aliphatic carbocycles. The van der Waals surface area contributed by atoms with Gasteiger partial charge in [-0.3, -0.25) is 4.90 Å². The molecule has 0 saturated carbocycles. The molecule has 0 aliphatic rings. The van der Waals surface area contributed by atoms with Crippen LogP contribution in [-0.2, 0) is 13.1 Å². The summed E-state index contributed by atoms with van der Waals surface area (Å²) in [6.07, 6.45) is 2.44. The predicted octanol–water partition coefficient (Wildman–Crippen LogP) is 4.50. The molecule has 0 heterocycles. The van der Waals surface area contributed by atoms with E-state index in [-0.39, 0.29) is 0 Å². The van der Waals surface area contributed by atoms with Gasteiger partial charge in [0.2, 0.25) is 0 Å². The van der Waals surface area contributed by atoms with Crippen LogP contribution in [-0.4, -0.2) is 18.6 Å². The van der Waals surface area contributed by atoms with Gasteiger partial charge in [-0.05, 0) is 24.6 Å². The maximum absolute atomic E-state index is 5.47.